The highest BCUT2D eigenvalue weighted by molar-refractivity contribution is 5.54. The molecule has 0 aliphatic rings. The lowest BCUT2D eigenvalue weighted by atomic mass is 9.86. The molecule has 1 aromatic rings. The van der Waals surface area contributed by atoms with Crippen molar-refractivity contribution in [2.24, 2.45) is 0 Å². The molecule has 0 aromatic heterocycles. The molecular weight excluding hydrogens is 256 g/mol. The van der Waals surface area contributed by atoms with Gasteiger partial charge in [0.25, 0.3) is 0 Å². The third kappa shape index (κ3) is 4.49. The molecule has 0 unspecified atom stereocenters. The number of aromatic hydroxyl groups is 1. The number of benzene rings is 1. The van der Waals surface area contributed by atoms with Gasteiger partial charge in [-0.3, -0.25) is 0 Å². The van der Waals surface area contributed by atoms with Gasteiger partial charge >= 0.3 is 0 Å². The second-order valence-corrected chi connectivity index (χ2v) is 6.30. The van der Waals surface area contributed by atoms with Gasteiger partial charge in [0.1, 0.15) is 5.75 Å². The van der Waals surface area contributed by atoms with Crippen molar-refractivity contribution in [3.05, 3.63) is 27.8 Å². The molecular formula is C20H34O. The first-order valence-corrected chi connectivity index (χ1v) is 8.91. The number of unbranched alkanes of at least 4 members (excludes halogenated alkanes) is 4. The molecule has 0 saturated heterocycles. The molecule has 1 nitrogen and oxygen atoms in total. The van der Waals surface area contributed by atoms with Gasteiger partial charge in [-0.05, 0) is 67.3 Å². The summed E-state index contributed by atoms with van der Waals surface area (Å²) in [5.74, 6) is 0.573. The zero-order valence-corrected chi connectivity index (χ0v) is 14.8. The summed E-state index contributed by atoms with van der Waals surface area (Å²) in [7, 11) is 0. The predicted octanol–water partition coefficient (Wildman–Crippen LogP) is 6.04. The molecule has 0 aliphatic carbocycles. The molecule has 0 bridgehead atoms. The Bertz CT molecular complexity index is 446. The average Bonchev–Trinajstić information content (AvgIpc) is 2.48. The first-order valence-electron chi connectivity index (χ1n) is 8.91. The van der Waals surface area contributed by atoms with Crippen LogP contribution in [-0.2, 0) is 19.3 Å². The summed E-state index contributed by atoms with van der Waals surface area (Å²) < 4.78 is 0. The van der Waals surface area contributed by atoms with E-state index in [2.05, 4.69) is 34.6 Å². The highest BCUT2D eigenvalue weighted by Gasteiger charge is 2.17. The van der Waals surface area contributed by atoms with Crippen molar-refractivity contribution in [1.29, 1.82) is 0 Å². The van der Waals surface area contributed by atoms with Crippen molar-refractivity contribution >= 4 is 0 Å². The quantitative estimate of drug-likeness (QED) is 0.550. The smallest absolute Gasteiger partial charge is 0.122 e. The van der Waals surface area contributed by atoms with Gasteiger partial charge in [0.2, 0.25) is 0 Å². The fraction of sp³-hybridized carbons (Fsp3) is 0.700. The maximum atomic E-state index is 10.6. The highest BCUT2D eigenvalue weighted by Crippen LogP contribution is 2.35. The Morgan fingerprint density at radius 1 is 0.667 bits per heavy atom. The van der Waals surface area contributed by atoms with Crippen LogP contribution in [0, 0.1) is 13.8 Å². The highest BCUT2D eigenvalue weighted by atomic mass is 16.3. The fourth-order valence-electron chi connectivity index (χ4n) is 3.39. The van der Waals surface area contributed by atoms with E-state index in [1.54, 1.807) is 0 Å². The van der Waals surface area contributed by atoms with Gasteiger partial charge in [0.15, 0.2) is 0 Å². The largest absolute Gasteiger partial charge is 0.507 e. The van der Waals surface area contributed by atoms with E-state index < -0.39 is 0 Å². The SMILES string of the molecule is CCCCCCCc1c(O)c(C)c(C)c(CC)c1CCC. The van der Waals surface area contributed by atoms with Gasteiger partial charge in [-0.1, -0.05) is 52.9 Å². The fourth-order valence-corrected chi connectivity index (χ4v) is 3.39. The molecule has 1 heteroatoms. The predicted molar refractivity (Wildman–Crippen MR) is 93.4 cm³/mol. The second kappa shape index (κ2) is 9.12. The van der Waals surface area contributed by atoms with Crippen molar-refractivity contribution in [2.45, 2.75) is 92.4 Å². The topological polar surface area (TPSA) is 20.2 Å². The van der Waals surface area contributed by atoms with Crippen molar-refractivity contribution in [2.75, 3.05) is 0 Å². The lowest BCUT2D eigenvalue weighted by Crippen LogP contribution is -2.05. The molecule has 0 radical (unpaired) electrons. The Morgan fingerprint density at radius 3 is 1.90 bits per heavy atom. The number of phenols is 1. The summed E-state index contributed by atoms with van der Waals surface area (Å²) >= 11 is 0. The van der Waals surface area contributed by atoms with Crippen LogP contribution < -0.4 is 0 Å². The molecule has 1 aromatic carbocycles. The normalized spacial score (nSPS) is 11.1. The van der Waals surface area contributed by atoms with Crippen LogP contribution in [0.4, 0.5) is 0 Å². The second-order valence-electron chi connectivity index (χ2n) is 6.30. The third-order valence-corrected chi connectivity index (χ3v) is 4.77. The van der Waals surface area contributed by atoms with Crippen molar-refractivity contribution in [3.63, 3.8) is 0 Å². The third-order valence-electron chi connectivity index (χ3n) is 4.77. The van der Waals surface area contributed by atoms with Crippen LogP contribution in [0.1, 0.15) is 87.1 Å². The molecule has 1 rings (SSSR count). The molecule has 0 saturated carbocycles. The van der Waals surface area contributed by atoms with E-state index in [0.717, 1.165) is 31.2 Å². The van der Waals surface area contributed by atoms with Crippen LogP contribution >= 0.6 is 0 Å². The summed E-state index contributed by atoms with van der Waals surface area (Å²) in [6.45, 7) is 11.0. The number of rotatable bonds is 9. The lowest BCUT2D eigenvalue weighted by Gasteiger charge is -2.21. The van der Waals surface area contributed by atoms with E-state index in [0.29, 0.717) is 5.75 Å². The van der Waals surface area contributed by atoms with Crippen LogP contribution in [0.5, 0.6) is 5.75 Å². The first kappa shape index (κ1) is 18.1. The van der Waals surface area contributed by atoms with E-state index >= 15 is 0 Å². The van der Waals surface area contributed by atoms with Crippen LogP contribution in [-0.4, -0.2) is 5.11 Å². The number of hydrogen-bond acceptors (Lipinski definition) is 1. The summed E-state index contributed by atoms with van der Waals surface area (Å²) in [4.78, 5) is 0. The summed E-state index contributed by atoms with van der Waals surface area (Å²) in [5.41, 5.74) is 6.56. The van der Waals surface area contributed by atoms with Crippen molar-refractivity contribution in [1.82, 2.24) is 0 Å². The van der Waals surface area contributed by atoms with Gasteiger partial charge in [-0.25, -0.2) is 0 Å². The Hall–Kier alpha value is -0.980. The van der Waals surface area contributed by atoms with Crippen LogP contribution in [0.2, 0.25) is 0 Å². The summed E-state index contributed by atoms with van der Waals surface area (Å²) in [5, 5.41) is 10.6. The van der Waals surface area contributed by atoms with E-state index in [1.165, 1.54) is 54.4 Å². The molecule has 0 amide bonds. The minimum atomic E-state index is 0.573. The Balaban J connectivity index is 3.01. The number of phenolic OH excluding ortho intramolecular Hbond substituents is 1. The first-order chi connectivity index (χ1) is 10.1. The van der Waals surface area contributed by atoms with Crippen LogP contribution in [0.15, 0.2) is 0 Å². The molecule has 120 valence electrons. The minimum Gasteiger partial charge on any atom is -0.507 e. The maximum Gasteiger partial charge on any atom is 0.122 e. The molecule has 0 fully saturated rings. The van der Waals surface area contributed by atoms with Gasteiger partial charge < -0.3 is 5.11 Å². The Labute approximate surface area is 131 Å². The van der Waals surface area contributed by atoms with Crippen molar-refractivity contribution in [3.8, 4) is 5.75 Å². The molecule has 0 atom stereocenters. The molecule has 0 heterocycles. The van der Waals surface area contributed by atoms with Gasteiger partial charge in [-0.2, -0.15) is 0 Å². The zero-order valence-electron chi connectivity index (χ0n) is 14.8. The summed E-state index contributed by atoms with van der Waals surface area (Å²) in [6, 6.07) is 0. The van der Waals surface area contributed by atoms with E-state index in [-0.39, 0.29) is 0 Å². The van der Waals surface area contributed by atoms with E-state index in [1.807, 2.05) is 0 Å². The van der Waals surface area contributed by atoms with E-state index in [9.17, 15) is 5.11 Å². The van der Waals surface area contributed by atoms with Crippen LogP contribution in [0.25, 0.3) is 0 Å². The molecule has 21 heavy (non-hydrogen) atoms. The minimum absolute atomic E-state index is 0.573. The summed E-state index contributed by atoms with van der Waals surface area (Å²) in [6.07, 6.45) is 10.8. The van der Waals surface area contributed by atoms with Gasteiger partial charge in [0.05, 0.1) is 0 Å². The molecule has 0 aliphatic heterocycles. The van der Waals surface area contributed by atoms with E-state index in [4.69, 9.17) is 0 Å². The molecule has 0 spiro atoms. The Morgan fingerprint density at radius 2 is 1.33 bits per heavy atom. The number of hydrogen-bond donors (Lipinski definition) is 1. The van der Waals surface area contributed by atoms with Crippen LogP contribution in [0.3, 0.4) is 0 Å². The Kier molecular flexibility index (Phi) is 7.85. The monoisotopic (exact) mass is 290 g/mol. The maximum absolute atomic E-state index is 10.6. The standard InChI is InChI=1S/C20H34O/c1-6-9-10-11-12-14-19-18(13-7-2)17(8-3)15(4)16(5)20(19)21/h21H,6-14H2,1-5H3. The molecule has 1 N–H and O–H groups in total. The van der Waals surface area contributed by atoms with Crippen molar-refractivity contribution < 1.29 is 5.11 Å². The lowest BCUT2D eigenvalue weighted by molar-refractivity contribution is 0.459. The van der Waals surface area contributed by atoms with Gasteiger partial charge in [-0.15, -0.1) is 0 Å². The zero-order chi connectivity index (χ0) is 15.8. The average molecular weight is 290 g/mol. The van der Waals surface area contributed by atoms with Gasteiger partial charge in [0, 0.05) is 0 Å².